The van der Waals surface area contributed by atoms with Gasteiger partial charge in [-0.3, -0.25) is 0 Å². The van der Waals surface area contributed by atoms with E-state index in [-0.39, 0.29) is 24.7 Å². The number of ether oxygens (including phenoxy) is 2. The molecule has 2 amide bonds. The molecule has 28 heavy (non-hydrogen) atoms. The normalized spacial score (nSPS) is 11.2. The molecule has 0 radical (unpaired) electrons. The van der Waals surface area contributed by atoms with E-state index in [2.05, 4.69) is 25.1 Å². The molecular weight excluding hydrogens is 389 g/mol. The summed E-state index contributed by atoms with van der Waals surface area (Å²) in [5, 5.41) is 4.96. The van der Waals surface area contributed by atoms with Crippen LogP contribution in [0.15, 0.2) is 42.6 Å². The van der Waals surface area contributed by atoms with Gasteiger partial charge in [-0.1, -0.05) is 18.2 Å². The Hall–Kier alpha value is -3.11. The fourth-order valence-corrected chi connectivity index (χ4v) is 2.08. The zero-order valence-electron chi connectivity index (χ0n) is 14.3. The van der Waals surface area contributed by atoms with Gasteiger partial charge in [-0.05, 0) is 17.7 Å². The first-order valence-corrected chi connectivity index (χ1v) is 7.92. The standard InChI is InChI=1S/C17H16F5N3O3/c18-15(19)28-13-4-2-1-3-12(13)9-25-16(26)24-8-11-5-6-23-14(7-11)27-10-17(20,21)22/h1-7,15H,8-10H2,(H2,24,25,26). The zero-order valence-corrected chi connectivity index (χ0v) is 14.3. The highest BCUT2D eigenvalue weighted by atomic mass is 19.4. The third-order valence-electron chi connectivity index (χ3n) is 3.26. The Balaban J connectivity index is 1.83. The number of hydrogen-bond acceptors (Lipinski definition) is 4. The maximum absolute atomic E-state index is 12.4. The molecule has 0 aliphatic heterocycles. The summed E-state index contributed by atoms with van der Waals surface area (Å²) in [6, 6.07) is 8.13. The smallest absolute Gasteiger partial charge is 0.422 e. The van der Waals surface area contributed by atoms with Crippen molar-refractivity contribution >= 4 is 6.03 Å². The number of amides is 2. The number of carbonyl (C=O) groups is 1. The molecule has 0 unspecified atom stereocenters. The van der Waals surface area contributed by atoms with E-state index in [0.717, 1.165) is 0 Å². The number of nitrogens with zero attached hydrogens (tertiary/aromatic N) is 1. The van der Waals surface area contributed by atoms with Crippen LogP contribution in [0.2, 0.25) is 0 Å². The number of aromatic nitrogens is 1. The van der Waals surface area contributed by atoms with Crippen LogP contribution in [-0.2, 0) is 13.1 Å². The van der Waals surface area contributed by atoms with Crippen LogP contribution in [0.1, 0.15) is 11.1 Å². The van der Waals surface area contributed by atoms with Crippen molar-refractivity contribution < 1.29 is 36.2 Å². The molecule has 2 rings (SSSR count). The molecule has 0 atom stereocenters. The zero-order chi connectivity index (χ0) is 20.6. The predicted octanol–water partition coefficient (Wildman–Crippen LogP) is 3.62. The largest absolute Gasteiger partial charge is 0.468 e. The molecule has 0 aliphatic rings. The first kappa shape index (κ1) is 21.2. The van der Waals surface area contributed by atoms with Gasteiger partial charge in [-0.2, -0.15) is 22.0 Å². The van der Waals surface area contributed by atoms with Crippen molar-refractivity contribution in [2.45, 2.75) is 25.9 Å². The Kier molecular flexibility index (Phi) is 7.36. The van der Waals surface area contributed by atoms with Gasteiger partial charge in [0.05, 0.1) is 0 Å². The lowest BCUT2D eigenvalue weighted by atomic mass is 10.2. The first-order valence-electron chi connectivity index (χ1n) is 7.92. The van der Waals surface area contributed by atoms with Crippen molar-refractivity contribution in [3.8, 4) is 11.6 Å². The van der Waals surface area contributed by atoms with Gasteiger partial charge in [-0.25, -0.2) is 9.78 Å². The summed E-state index contributed by atoms with van der Waals surface area (Å²) < 4.78 is 70.1. The number of alkyl halides is 5. The minimum absolute atomic E-state index is 0.00802. The second-order valence-electron chi connectivity index (χ2n) is 5.43. The summed E-state index contributed by atoms with van der Waals surface area (Å²) >= 11 is 0. The minimum Gasteiger partial charge on any atom is -0.468 e. The molecule has 0 fully saturated rings. The molecule has 1 aromatic carbocycles. The van der Waals surface area contributed by atoms with E-state index in [1.807, 2.05) is 0 Å². The maximum atomic E-state index is 12.4. The number of pyridine rings is 1. The topological polar surface area (TPSA) is 72.5 Å². The average molecular weight is 405 g/mol. The van der Waals surface area contributed by atoms with E-state index >= 15 is 0 Å². The van der Waals surface area contributed by atoms with Crippen LogP contribution in [0.4, 0.5) is 26.7 Å². The number of urea groups is 1. The van der Waals surface area contributed by atoms with Crippen molar-refractivity contribution in [1.29, 1.82) is 0 Å². The van der Waals surface area contributed by atoms with Gasteiger partial charge >= 0.3 is 18.8 Å². The summed E-state index contributed by atoms with van der Waals surface area (Å²) in [5.74, 6) is -0.284. The van der Waals surface area contributed by atoms with Crippen LogP contribution in [0.25, 0.3) is 0 Å². The summed E-state index contributed by atoms with van der Waals surface area (Å²) in [7, 11) is 0. The molecule has 152 valence electrons. The number of para-hydroxylation sites is 1. The van der Waals surface area contributed by atoms with E-state index in [0.29, 0.717) is 11.1 Å². The molecular formula is C17H16F5N3O3. The van der Waals surface area contributed by atoms with Gasteiger partial charge in [0.1, 0.15) is 5.75 Å². The van der Waals surface area contributed by atoms with Gasteiger partial charge < -0.3 is 20.1 Å². The lowest BCUT2D eigenvalue weighted by Crippen LogP contribution is -2.34. The van der Waals surface area contributed by atoms with E-state index in [9.17, 15) is 26.7 Å². The maximum Gasteiger partial charge on any atom is 0.422 e. The lowest BCUT2D eigenvalue weighted by Gasteiger charge is -2.12. The minimum atomic E-state index is -4.49. The Morgan fingerprint density at radius 2 is 1.82 bits per heavy atom. The second kappa shape index (κ2) is 9.72. The fraction of sp³-hybridized carbons (Fsp3) is 0.294. The Morgan fingerprint density at radius 3 is 2.54 bits per heavy atom. The fourth-order valence-electron chi connectivity index (χ4n) is 2.08. The van der Waals surface area contributed by atoms with Crippen LogP contribution in [-0.4, -0.2) is 30.4 Å². The number of rotatable bonds is 8. The van der Waals surface area contributed by atoms with E-state index in [1.54, 1.807) is 6.07 Å². The number of hydrogen-bond donors (Lipinski definition) is 2. The molecule has 0 spiro atoms. The van der Waals surface area contributed by atoms with Crippen molar-refractivity contribution in [1.82, 2.24) is 15.6 Å². The number of carbonyl (C=O) groups excluding carboxylic acids is 1. The van der Waals surface area contributed by atoms with Crippen molar-refractivity contribution in [2.75, 3.05) is 6.61 Å². The third kappa shape index (κ3) is 7.64. The summed E-state index contributed by atoms with van der Waals surface area (Å²) in [6.45, 7) is -4.54. The van der Waals surface area contributed by atoms with Crippen molar-refractivity contribution in [2.24, 2.45) is 0 Å². The molecule has 6 nitrogen and oxygen atoms in total. The van der Waals surface area contributed by atoms with E-state index < -0.39 is 25.4 Å². The number of halogens is 5. The van der Waals surface area contributed by atoms with Gasteiger partial charge in [0.2, 0.25) is 5.88 Å². The predicted molar refractivity (Wildman–Crippen MR) is 87.9 cm³/mol. The summed E-state index contributed by atoms with van der Waals surface area (Å²) in [5.41, 5.74) is 0.813. The molecule has 0 bridgehead atoms. The highest BCUT2D eigenvalue weighted by Crippen LogP contribution is 2.20. The number of benzene rings is 1. The SMILES string of the molecule is O=C(NCc1ccnc(OCC(F)(F)F)c1)NCc1ccccc1OC(F)F. The average Bonchev–Trinajstić information content (AvgIpc) is 2.63. The van der Waals surface area contributed by atoms with E-state index in [1.165, 1.54) is 36.5 Å². The highest BCUT2D eigenvalue weighted by molar-refractivity contribution is 5.73. The number of nitrogens with one attached hydrogen (secondary N) is 2. The lowest BCUT2D eigenvalue weighted by molar-refractivity contribution is -0.154. The Bertz CT molecular complexity index is 787. The summed E-state index contributed by atoms with van der Waals surface area (Å²) in [4.78, 5) is 15.5. The Labute approximate surface area is 156 Å². The van der Waals surface area contributed by atoms with Gasteiger partial charge in [0, 0.05) is 30.9 Å². The van der Waals surface area contributed by atoms with Crippen LogP contribution in [0, 0.1) is 0 Å². The molecule has 11 heteroatoms. The summed E-state index contributed by atoms with van der Waals surface area (Å²) in [6.07, 6.45) is -3.24. The first-order chi connectivity index (χ1) is 13.2. The Morgan fingerprint density at radius 1 is 1.11 bits per heavy atom. The third-order valence-corrected chi connectivity index (χ3v) is 3.26. The molecule has 0 aliphatic carbocycles. The monoisotopic (exact) mass is 405 g/mol. The van der Waals surface area contributed by atoms with Crippen LogP contribution < -0.4 is 20.1 Å². The highest BCUT2D eigenvalue weighted by Gasteiger charge is 2.28. The van der Waals surface area contributed by atoms with Gasteiger partial charge in [0.25, 0.3) is 0 Å². The van der Waals surface area contributed by atoms with Crippen LogP contribution in [0.5, 0.6) is 11.6 Å². The second-order valence-corrected chi connectivity index (χ2v) is 5.43. The van der Waals surface area contributed by atoms with Crippen LogP contribution >= 0.6 is 0 Å². The molecule has 2 aromatic rings. The molecule has 0 saturated heterocycles. The molecule has 1 aromatic heterocycles. The molecule has 0 saturated carbocycles. The molecule has 1 heterocycles. The van der Waals surface area contributed by atoms with Gasteiger partial charge in [0.15, 0.2) is 6.61 Å². The quantitative estimate of drug-likeness (QED) is 0.658. The van der Waals surface area contributed by atoms with Crippen LogP contribution in [0.3, 0.4) is 0 Å². The van der Waals surface area contributed by atoms with E-state index in [4.69, 9.17) is 0 Å². The molecule has 2 N–H and O–H groups in total. The van der Waals surface area contributed by atoms with Crippen molar-refractivity contribution in [3.05, 3.63) is 53.7 Å². The van der Waals surface area contributed by atoms with Crippen molar-refractivity contribution in [3.63, 3.8) is 0 Å². The van der Waals surface area contributed by atoms with Gasteiger partial charge in [-0.15, -0.1) is 0 Å².